The number of nitrogens with zero attached hydrogens (tertiary/aromatic N) is 1. The zero-order chi connectivity index (χ0) is 23.1. The van der Waals surface area contributed by atoms with Gasteiger partial charge in [0.1, 0.15) is 11.6 Å². The molecule has 172 valence electrons. The lowest BCUT2D eigenvalue weighted by Crippen LogP contribution is -2.36. The van der Waals surface area contributed by atoms with Crippen molar-refractivity contribution in [2.24, 2.45) is 5.73 Å². The van der Waals surface area contributed by atoms with Crippen LogP contribution in [0.25, 0.3) is 0 Å². The topological polar surface area (TPSA) is 115 Å². The number of hydrogen-bond donors (Lipinski definition) is 3. The lowest BCUT2D eigenvalue weighted by Gasteiger charge is -2.26. The van der Waals surface area contributed by atoms with Gasteiger partial charge in [0.05, 0.1) is 23.3 Å². The van der Waals surface area contributed by atoms with E-state index in [0.29, 0.717) is 43.7 Å². The first-order valence-electron chi connectivity index (χ1n) is 9.84. The van der Waals surface area contributed by atoms with Gasteiger partial charge in [-0.05, 0) is 57.0 Å². The molecule has 2 aromatic carbocycles. The molecule has 0 bridgehead atoms. The molecular weight excluding hydrogens is 469 g/mol. The molecule has 3 unspecified atom stereocenters. The molecule has 0 aromatic heterocycles. The Hall–Kier alpha value is -1.69. The smallest absolute Gasteiger partial charge is 0.338 e. The van der Waals surface area contributed by atoms with Crippen molar-refractivity contribution in [3.63, 3.8) is 0 Å². The first kappa shape index (κ1) is 24.9. The van der Waals surface area contributed by atoms with Crippen LogP contribution in [0, 0.1) is 0 Å². The Labute approximate surface area is 192 Å². The van der Waals surface area contributed by atoms with E-state index in [9.17, 15) is 9.59 Å². The van der Waals surface area contributed by atoms with E-state index in [0.717, 1.165) is 5.56 Å². The second-order valence-corrected chi connectivity index (χ2v) is 11.8. The van der Waals surface area contributed by atoms with Gasteiger partial charge < -0.3 is 20.0 Å². The third kappa shape index (κ3) is 7.72. The van der Waals surface area contributed by atoms with Crippen LogP contribution < -0.4 is 25.0 Å². The average Bonchev–Trinajstić information content (AvgIpc) is 2.75. The van der Waals surface area contributed by atoms with Crippen LogP contribution in [-0.4, -0.2) is 28.2 Å². The van der Waals surface area contributed by atoms with E-state index in [2.05, 4.69) is 9.72 Å². The zero-order valence-electron chi connectivity index (χ0n) is 18.0. The maximum atomic E-state index is 12.6. The van der Waals surface area contributed by atoms with Crippen molar-refractivity contribution in [2.75, 3.05) is 0 Å². The number of nitrogens with one attached hydrogen (secondary N) is 2. The summed E-state index contributed by atoms with van der Waals surface area (Å²) >= 11 is 0. The van der Waals surface area contributed by atoms with Gasteiger partial charge in [-0.2, -0.15) is 0 Å². The second kappa shape index (κ2) is 11.4. The standard InChI is InChI=1S/C20H27N4O5P3/c1-20(2,3)28-18(25)14-10-8-13(9-11-14)12-15(21)19(26)27-16-6-4-5-7-17(16)29-24-31-22-30-23-32-24/h4-11,15,22-23,30-32H,12,21H2,1-3H3. The maximum Gasteiger partial charge on any atom is 0.338 e. The molecule has 4 N–H and O–H groups in total. The lowest BCUT2D eigenvalue weighted by atomic mass is 10.0. The third-order valence-corrected chi connectivity index (χ3v) is 7.19. The Bertz CT molecular complexity index is 934. The number of para-hydroxylation sites is 2. The lowest BCUT2D eigenvalue weighted by molar-refractivity contribution is -0.136. The third-order valence-electron chi connectivity index (χ3n) is 4.04. The molecule has 1 saturated heterocycles. The normalized spacial score (nSPS) is 17.9. The molecule has 0 amide bonds. The van der Waals surface area contributed by atoms with Gasteiger partial charge in [-0.25, -0.2) is 9.59 Å². The number of benzene rings is 2. The number of carbonyl (C=O) groups is 2. The van der Waals surface area contributed by atoms with Gasteiger partial charge in [-0.15, -0.1) is 0 Å². The van der Waals surface area contributed by atoms with Gasteiger partial charge in [-0.1, -0.05) is 28.9 Å². The fourth-order valence-corrected chi connectivity index (χ4v) is 6.20. The summed E-state index contributed by atoms with van der Waals surface area (Å²) in [5, 5.41) is 0. The van der Waals surface area contributed by atoms with Crippen LogP contribution >= 0.6 is 26.6 Å². The van der Waals surface area contributed by atoms with E-state index in [1.165, 1.54) is 0 Å². The SMILES string of the molecule is CC(C)(C)OC(=O)c1ccc(CC(N)C(=O)Oc2ccccc2ON2PNPNP2)cc1. The Balaban J connectivity index is 1.58. The highest BCUT2D eigenvalue weighted by Gasteiger charge is 2.21. The molecule has 1 aliphatic rings. The number of nitrogens with two attached hydrogens (primary N) is 1. The molecular formula is C20H27N4O5P3. The molecule has 1 aliphatic heterocycles. The van der Waals surface area contributed by atoms with Crippen molar-refractivity contribution in [3.05, 3.63) is 59.7 Å². The van der Waals surface area contributed by atoms with Crippen molar-refractivity contribution in [3.8, 4) is 11.5 Å². The molecule has 2 aromatic rings. The number of hydrogen-bond acceptors (Lipinski definition) is 9. The molecule has 0 radical (unpaired) electrons. The van der Waals surface area contributed by atoms with Crippen molar-refractivity contribution in [1.29, 1.82) is 0 Å². The van der Waals surface area contributed by atoms with Gasteiger partial charge in [0, 0.05) is 8.88 Å². The van der Waals surface area contributed by atoms with Crippen molar-refractivity contribution < 1.29 is 23.9 Å². The molecule has 3 rings (SSSR count). The number of carbonyl (C=O) groups excluding carboxylic acids is 2. The molecule has 0 aliphatic carbocycles. The van der Waals surface area contributed by atoms with E-state index < -0.39 is 23.6 Å². The Morgan fingerprint density at radius 3 is 2.28 bits per heavy atom. The van der Waals surface area contributed by atoms with Gasteiger partial charge in [0.25, 0.3) is 0 Å². The summed E-state index contributed by atoms with van der Waals surface area (Å²) in [7, 11) is 1.11. The highest BCUT2D eigenvalue weighted by molar-refractivity contribution is 7.65. The number of esters is 2. The highest BCUT2D eigenvalue weighted by atomic mass is 31.2. The summed E-state index contributed by atoms with van der Waals surface area (Å²) in [5.41, 5.74) is 6.76. The molecule has 32 heavy (non-hydrogen) atoms. The van der Waals surface area contributed by atoms with Crippen LogP contribution in [-0.2, 0) is 16.0 Å². The summed E-state index contributed by atoms with van der Waals surface area (Å²) in [4.78, 5) is 36.9. The van der Waals surface area contributed by atoms with Crippen molar-refractivity contribution in [2.45, 2.75) is 38.8 Å². The predicted molar refractivity (Wildman–Crippen MR) is 129 cm³/mol. The van der Waals surface area contributed by atoms with Crippen LogP contribution in [0.1, 0.15) is 36.7 Å². The Morgan fingerprint density at radius 1 is 1.03 bits per heavy atom. The summed E-state index contributed by atoms with van der Waals surface area (Å²) in [6.45, 7) is 5.44. The molecule has 0 spiro atoms. The molecule has 12 heteroatoms. The quantitative estimate of drug-likeness (QED) is 0.301. The molecule has 1 fully saturated rings. The average molecular weight is 496 g/mol. The predicted octanol–water partition coefficient (Wildman–Crippen LogP) is 3.43. The van der Waals surface area contributed by atoms with E-state index in [1.807, 2.05) is 20.8 Å². The summed E-state index contributed by atoms with van der Waals surface area (Å²) in [6, 6.07) is 12.9. The Kier molecular flexibility index (Phi) is 8.92. The minimum atomic E-state index is -0.876. The van der Waals surface area contributed by atoms with Gasteiger partial charge >= 0.3 is 11.9 Å². The second-order valence-electron chi connectivity index (χ2n) is 7.86. The summed E-state index contributed by atoms with van der Waals surface area (Å²) < 4.78 is 12.6. The molecule has 3 atom stereocenters. The largest absolute Gasteiger partial charge is 0.456 e. The van der Waals surface area contributed by atoms with Crippen LogP contribution in [0.4, 0.5) is 0 Å². The number of rotatable bonds is 7. The fraction of sp³-hybridized carbons (Fsp3) is 0.300. The summed E-state index contributed by atoms with van der Waals surface area (Å²) in [5.74, 6) is -0.233. The maximum absolute atomic E-state index is 12.6. The van der Waals surface area contributed by atoms with E-state index in [4.69, 9.17) is 20.0 Å². The van der Waals surface area contributed by atoms with E-state index in [-0.39, 0.29) is 6.42 Å². The molecule has 0 saturated carbocycles. The van der Waals surface area contributed by atoms with Gasteiger partial charge in [-0.3, -0.25) is 9.72 Å². The fourth-order valence-electron chi connectivity index (χ4n) is 2.61. The van der Waals surface area contributed by atoms with Crippen LogP contribution in [0.3, 0.4) is 0 Å². The van der Waals surface area contributed by atoms with Gasteiger partial charge in [0.2, 0.25) is 0 Å². The molecule has 9 nitrogen and oxygen atoms in total. The first-order chi connectivity index (χ1) is 15.2. The highest BCUT2D eigenvalue weighted by Crippen LogP contribution is 2.40. The molecule has 1 heterocycles. The van der Waals surface area contributed by atoms with Crippen LogP contribution in [0.15, 0.2) is 48.5 Å². The van der Waals surface area contributed by atoms with E-state index >= 15 is 0 Å². The van der Waals surface area contributed by atoms with Gasteiger partial charge in [0.15, 0.2) is 11.5 Å². The zero-order valence-corrected chi connectivity index (χ0v) is 21.0. The Morgan fingerprint density at radius 2 is 1.66 bits per heavy atom. The number of ether oxygens (including phenoxy) is 2. The van der Waals surface area contributed by atoms with Crippen molar-refractivity contribution in [1.82, 2.24) is 14.3 Å². The van der Waals surface area contributed by atoms with Crippen molar-refractivity contribution >= 4 is 38.6 Å². The van der Waals surface area contributed by atoms with Crippen LogP contribution in [0.2, 0.25) is 0 Å². The monoisotopic (exact) mass is 496 g/mol. The summed E-state index contributed by atoms with van der Waals surface area (Å²) in [6.07, 6.45) is 0.264. The first-order valence-corrected chi connectivity index (χ1v) is 12.7. The van der Waals surface area contributed by atoms with E-state index in [1.54, 1.807) is 53.1 Å². The van der Waals surface area contributed by atoms with Crippen LogP contribution in [0.5, 0.6) is 11.5 Å². The minimum absolute atomic E-state index is 0.264. The minimum Gasteiger partial charge on any atom is -0.456 e.